The molecule has 0 radical (unpaired) electrons. The monoisotopic (exact) mass is 368 g/mol. The van der Waals surface area contributed by atoms with Crippen LogP contribution >= 0.6 is 0 Å². The molecule has 142 valence electrons. The molecule has 0 spiro atoms. The summed E-state index contributed by atoms with van der Waals surface area (Å²) in [5.41, 5.74) is 2.46. The number of rotatable bonds is 6. The molecule has 1 heterocycles. The van der Waals surface area contributed by atoms with Gasteiger partial charge in [0, 0.05) is 12.2 Å². The van der Waals surface area contributed by atoms with Crippen molar-refractivity contribution in [1.82, 2.24) is 10.3 Å². The third-order valence-electron chi connectivity index (χ3n) is 5.02. The fourth-order valence-electron chi connectivity index (χ4n) is 3.48. The van der Waals surface area contributed by atoms with Crippen molar-refractivity contribution >= 4 is 11.9 Å². The summed E-state index contributed by atoms with van der Waals surface area (Å²) in [5.74, 6) is -2.26. The highest BCUT2D eigenvalue weighted by molar-refractivity contribution is 5.94. The molecule has 27 heavy (non-hydrogen) atoms. The maximum Gasteiger partial charge on any atom is 0.308 e. The molecule has 0 saturated carbocycles. The number of nitrogens with one attached hydrogen (secondary N) is 2. The third kappa shape index (κ3) is 4.84. The zero-order valence-corrected chi connectivity index (χ0v) is 15.2. The molecule has 1 aromatic heterocycles. The number of carboxylic acid groups (broad SMARTS) is 1. The Hall–Kier alpha value is -2.89. The van der Waals surface area contributed by atoms with Crippen molar-refractivity contribution in [2.75, 3.05) is 6.54 Å². The van der Waals surface area contributed by atoms with E-state index in [4.69, 9.17) is 0 Å². The number of carboxylic acids is 1. The summed E-state index contributed by atoms with van der Waals surface area (Å²) in [6.07, 6.45) is 5.17. The predicted octanol–water partition coefficient (Wildman–Crippen LogP) is 2.32. The fraction of sp³-hybridized carbons (Fsp3) is 0.381. The number of amides is 1. The Morgan fingerprint density at radius 1 is 1.11 bits per heavy atom. The van der Waals surface area contributed by atoms with E-state index in [2.05, 4.69) is 10.3 Å². The first-order chi connectivity index (χ1) is 13.0. The summed E-state index contributed by atoms with van der Waals surface area (Å²) in [6, 6.07) is 10.9. The van der Waals surface area contributed by atoms with Crippen molar-refractivity contribution in [3.05, 3.63) is 69.1 Å². The summed E-state index contributed by atoms with van der Waals surface area (Å²) < 4.78 is 0. The number of hydrogen-bond acceptors (Lipinski definition) is 3. The minimum Gasteiger partial charge on any atom is -0.481 e. The van der Waals surface area contributed by atoms with Crippen LogP contribution in [0, 0.1) is 5.92 Å². The lowest BCUT2D eigenvalue weighted by atomic mass is 9.99. The Kier molecular flexibility index (Phi) is 6.06. The van der Waals surface area contributed by atoms with Crippen molar-refractivity contribution in [3.63, 3.8) is 0 Å². The number of aromatic amines is 1. The van der Waals surface area contributed by atoms with E-state index in [0.717, 1.165) is 48.9 Å². The first kappa shape index (κ1) is 18.9. The normalized spacial score (nSPS) is 14.7. The van der Waals surface area contributed by atoms with E-state index >= 15 is 0 Å². The molecule has 0 saturated heterocycles. The smallest absolute Gasteiger partial charge is 0.308 e. The van der Waals surface area contributed by atoms with Gasteiger partial charge in [-0.1, -0.05) is 36.8 Å². The second-order valence-corrected chi connectivity index (χ2v) is 7.01. The SMILES string of the molecule is O=C(NCC(Cc1ccccc1)C(=O)O)c1cc2c([nH]c1=O)CCCCC2. The molecule has 1 aromatic carbocycles. The summed E-state index contributed by atoms with van der Waals surface area (Å²) in [5, 5.41) is 12.1. The zero-order valence-electron chi connectivity index (χ0n) is 15.2. The first-order valence-corrected chi connectivity index (χ1v) is 9.34. The lowest BCUT2D eigenvalue weighted by Gasteiger charge is -2.14. The van der Waals surface area contributed by atoms with Crippen LogP contribution in [0.3, 0.4) is 0 Å². The quantitative estimate of drug-likeness (QED) is 0.681. The highest BCUT2D eigenvalue weighted by Crippen LogP contribution is 2.18. The van der Waals surface area contributed by atoms with Crippen molar-refractivity contribution in [3.8, 4) is 0 Å². The Balaban J connectivity index is 1.70. The van der Waals surface area contributed by atoms with Crippen LogP contribution in [-0.2, 0) is 24.1 Å². The van der Waals surface area contributed by atoms with Crippen molar-refractivity contribution < 1.29 is 14.7 Å². The van der Waals surface area contributed by atoms with E-state index in [0.29, 0.717) is 6.42 Å². The molecule has 3 rings (SSSR count). The maximum absolute atomic E-state index is 12.5. The Morgan fingerprint density at radius 2 is 1.85 bits per heavy atom. The van der Waals surface area contributed by atoms with Gasteiger partial charge in [-0.3, -0.25) is 14.4 Å². The van der Waals surface area contributed by atoms with Gasteiger partial charge in [0.15, 0.2) is 0 Å². The molecule has 3 N–H and O–H groups in total. The summed E-state index contributed by atoms with van der Waals surface area (Å²) in [4.78, 5) is 39.1. The van der Waals surface area contributed by atoms with Crippen LogP contribution in [0.25, 0.3) is 0 Å². The van der Waals surface area contributed by atoms with Gasteiger partial charge in [0.2, 0.25) is 0 Å². The molecule has 0 fully saturated rings. The van der Waals surface area contributed by atoms with Gasteiger partial charge in [0.1, 0.15) is 5.56 Å². The lowest BCUT2D eigenvalue weighted by Crippen LogP contribution is -2.36. The molecule has 0 aliphatic heterocycles. The molecule has 1 amide bonds. The topological polar surface area (TPSA) is 99.3 Å². The highest BCUT2D eigenvalue weighted by Gasteiger charge is 2.21. The molecule has 1 aliphatic rings. The van der Waals surface area contributed by atoms with Crippen LogP contribution in [0.2, 0.25) is 0 Å². The zero-order chi connectivity index (χ0) is 19.2. The standard InChI is InChI=1S/C21H24N2O4/c24-19(17-12-15-9-5-2-6-10-18(15)23-20(17)25)22-13-16(21(26)27)11-14-7-3-1-4-8-14/h1,3-4,7-8,12,16H,2,5-6,9-11,13H2,(H,22,24)(H,23,25)(H,26,27). The molecule has 2 aromatic rings. The van der Waals surface area contributed by atoms with Crippen LogP contribution in [0.5, 0.6) is 0 Å². The van der Waals surface area contributed by atoms with E-state index in [9.17, 15) is 19.5 Å². The van der Waals surface area contributed by atoms with Gasteiger partial charge in [0.05, 0.1) is 5.92 Å². The van der Waals surface area contributed by atoms with Crippen molar-refractivity contribution in [1.29, 1.82) is 0 Å². The minimum atomic E-state index is -0.977. The second-order valence-electron chi connectivity index (χ2n) is 7.01. The number of carbonyl (C=O) groups excluding carboxylic acids is 1. The van der Waals surface area contributed by atoms with Crippen LogP contribution in [0.4, 0.5) is 0 Å². The first-order valence-electron chi connectivity index (χ1n) is 9.34. The van der Waals surface area contributed by atoms with Gasteiger partial charge in [-0.2, -0.15) is 0 Å². The van der Waals surface area contributed by atoms with Crippen molar-refractivity contribution in [2.45, 2.75) is 38.5 Å². The average molecular weight is 368 g/mol. The van der Waals surface area contributed by atoms with E-state index in [1.54, 1.807) is 6.07 Å². The van der Waals surface area contributed by atoms with Gasteiger partial charge in [0.25, 0.3) is 11.5 Å². The number of pyridine rings is 1. The van der Waals surface area contributed by atoms with Crippen LogP contribution < -0.4 is 10.9 Å². The number of benzene rings is 1. The minimum absolute atomic E-state index is 0.0282. The largest absolute Gasteiger partial charge is 0.481 e. The molecule has 6 heteroatoms. The van der Waals surface area contributed by atoms with E-state index in [1.165, 1.54) is 0 Å². The molecule has 1 aliphatic carbocycles. The summed E-state index contributed by atoms with van der Waals surface area (Å²) >= 11 is 0. The lowest BCUT2D eigenvalue weighted by molar-refractivity contribution is -0.141. The van der Waals surface area contributed by atoms with Crippen LogP contribution in [-0.4, -0.2) is 28.5 Å². The van der Waals surface area contributed by atoms with Crippen LogP contribution in [0.15, 0.2) is 41.2 Å². The second kappa shape index (κ2) is 8.66. The van der Waals surface area contributed by atoms with E-state index < -0.39 is 23.4 Å². The predicted molar refractivity (Wildman–Crippen MR) is 102 cm³/mol. The number of hydrogen-bond donors (Lipinski definition) is 3. The fourth-order valence-corrected chi connectivity index (χ4v) is 3.48. The number of carbonyl (C=O) groups is 2. The van der Waals surface area contributed by atoms with Gasteiger partial charge >= 0.3 is 5.97 Å². The third-order valence-corrected chi connectivity index (χ3v) is 5.02. The molecular weight excluding hydrogens is 344 g/mol. The summed E-state index contributed by atoms with van der Waals surface area (Å²) in [6.45, 7) is -0.0282. The Bertz CT molecular complexity index is 873. The number of aryl methyl sites for hydroxylation is 2. The highest BCUT2D eigenvalue weighted by atomic mass is 16.4. The Morgan fingerprint density at radius 3 is 2.59 bits per heavy atom. The van der Waals surface area contributed by atoms with Crippen LogP contribution in [0.1, 0.15) is 46.4 Å². The number of H-pyrrole nitrogens is 1. The summed E-state index contributed by atoms with van der Waals surface area (Å²) in [7, 11) is 0. The van der Waals surface area contributed by atoms with Gasteiger partial charge in [-0.05, 0) is 49.3 Å². The van der Waals surface area contributed by atoms with Gasteiger partial charge < -0.3 is 15.4 Å². The maximum atomic E-state index is 12.5. The Labute approximate surface area is 157 Å². The molecule has 1 atom stereocenters. The number of aromatic nitrogens is 1. The number of aliphatic carboxylic acids is 1. The number of fused-ring (bicyclic) bond motifs is 1. The molecular formula is C21H24N2O4. The van der Waals surface area contributed by atoms with Crippen molar-refractivity contribution in [2.24, 2.45) is 5.92 Å². The molecule has 0 bridgehead atoms. The van der Waals surface area contributed by atoms with Gasteiger partial charge in [-0.15, -0.1) is 0 Å². The van der Waals surface area contributed by atoms with Gasteiger partial charge in [-0.25, -0.2) is 0 Å². The van der Waals surface area contributed by atoms with E-state index in [1.807, 2.05) is 30.3 Å². The van der Waals surface area contributed by atoms with E-state index in [-0.39, 0.29) is 12.1 Å². The molecule has 1 unspecified atom stereocenters. The average Bonchev–Trinajstić information content (AvgIpc) is 2.89. The molecule has 6 nitrogen and oxygen atoms in total.